The van der Waals surface area contributed by atoms with Crippen LogP contribution in [0.15, 0.2) is 35.7 Å². The minimum absolute atomic E-state index is 0.215. The number of hydrogen-bond acceptors (Lipinski definition) is 5. The average molecular weight is 318 g/mol. The molecule has 5 heteroatoms. The maximum atomic E-state index is 5.67. The Labute approximate surface area is 135 Å². The molecule has 1 atom stereocenters. The highest BCUT2D eigenvalue weighted by Gasteiger charge is 2.28. The van der Waals surface area contributed by atoms with E-state index < -0.39 is 0 Å². The Kier molecular flexibility index (Phi) is 4.97. The molecule has 0 aliphatic carbocycles. The largest absolute Gasteiger partial charge is 0.493 e. The van der Waals surface area contributed by atoms with Gasteiger partial charge in [0.05, 0.1) is 20.3 Å². The lowest BCUT2D eigenvalue weighted by Crippen LogP contribution is -2.45. The molecule has 2 heterocycles. The maximum absolute atomic E-state index is 5.67. The number of nitrogens with one attached hydrogen (secondary N) is 1. The van der Waals surface area contributed by atoms with Crippen molar-refractivity contribution in [2.45, 2.75) is 6.04 Å². The van der Waals surface area contributed by atoms with Crippen LogP contribution in [0.3, 0.4) is 0 Å². The highest BCUT2D eigenvalue weighted by molar-refractivity contribution is 7.10. The summed E-state index contributed by atoms with van der Waals surface area (Å²) in [5.74, 6) is 1.62. The monoisotopic (exact) mass is 318 g/mol. The molecule has 0 saturated carbocycles. The van der Waals surface area contributed by atoms with Gasteiger partial charge in [-0.15, -0.1) is 11.3 Å². The predicted molar refractivity (Wildman–Crippen MR) is 90.2 cm³/mol. The quantitative estimate of drug-likeness (QED) is 0.919. The highest BCUT2D eigenvalue weighted by Crippen LogP contribution is 2.41. The van der Waals surface area contributed by atoms with Crippen molar-refractivity contribution in [2.75, 3.05) is 40.4 Å². The van der Waals surface area contributed by atoms with Crippen LogP contribution in [0.4, 0.5) is 0 Å². The number of methoxy groups -OCH3 is 2. The van der Waals surface area contributed by atoms with E-state index in [2.05, 4.69) is 33.8 Å². The van der Waals surface area contributed by atoms with Gasteiger partial charge in [-0.2, -0.15) is 0 Å². The number of hydrogen-bond donors (Lipinski definition) is 1. The molecule has 1 N–H and O–H groups in total. The smallest absolute Gasteiger partial charge is 0.165 e. The molecule has 1 aromatic heterocycles. The van der Waals surface area contributed by atoms with E-state index in [0.717, 1.165) is 37.7 Å². The van der Waals surface area contributed by atoms with Crippen LogP contribution in [0, 0.1) is 0 Å². The summed E-state index contributed by atoms with van der Waals surface area (Å²) in [5, 5.41) is 5.56. The maximum Gasteiger partial charge on any atom is 0.165 e. The molecule has 4 nitrogen and oxygen atoms in total. The molecule has 0 radical (unpaired) electrons. The van der Waals surface area contributed by atoms with Crippen LogP contribution in [0.2, 0.25) is 0 Å². The van der Waals surface area contributed by atoms with E-state index in [1.165, 1.54) is 10.4 Å². The fourth-order valence-corrected chi connectivity index (χ4v) is 3.92. The summed E-state index contributed by atoms with van der Waals surface area (Å²) in [6, 6.07) is 10.7. The molecule has 3 rings (SSSR count). The highest BCUT2D eigenvalue weighted by atomic mass is 32.1. The van der Waals surface area contributed by atoms with Crippen LogP contribution < -0.4 is 14.8 Å². The summed E-state index contributed by atoms with van der Waals surface area (Å²) in [4.78, 5) is 3.85. The molecule has 0 amide bonds. The minimum Gasteiger partial charge on any atom is -0.493 e. The first-order valence-electron chi connectivity index (χ1n) is 7.54. The molecule has 0 spiro atoms. The average Bonchev–Trinajstić information content (AvgIpc) is 3.10. The first-order valence-corrected chi connectivity index (χ1v) is 8.42. The zero-order valence-corrected chi connectivity index (χ0v) is 13.9. The molecule has 1 aliphatic heterocycles. The SMILES string of the molecule is COc1cccc([C@H](c2cccs2)N2CCNCC2)c1OC. The van der Waals surface area contributed by atoms with Crippen molar-refractivity contribution in [2.24, 2.45) is 0 Å². The molecule has 2 aromatic rings. The van der Waals surface area contributed by atoms with Crippen molar-refractivity contribution < 1.29 is 9.47 Å². The van der Waals surface area contributed by atoms with Gasteiger partial charge in [0, 0.05) is 36.6 Å². The van der Waals surface area contributed by atoms with Crippen molar-refractivity contribution in [1.29, 1.82) is 0 Å². The lowest BCUT2D eigenvalue weighted by atomic mass is 10.0. The second-order valence-electron chi connectivity index (χ2n) is 5.29. The van der Waals surface area contributed by atoms with Crippen LogP contribution in [0.25, 0.3) is 0 Å². The van der Waals surface area contributed by atoms with E-state index in [9.17, 15) is 0 Å². The molecule has 1 saturated heterocycles. The molecule has 22 heavy (non-hydrogen) atoms. The Balaban J connectivity index is 2.06. The molecule has 0 unspecified atom stereocenters. The van der Waals surface area contributed by atoms with Gasteiger partial charge in [-0.3, -0.25) is 4.90 Å². The number of benzene rings is 1. The van der Waals surface area contributed by atoms with Crippen molar-refractivity contribution in [3.8, 4) is 11.5 Å². The van der Waals surface area contributed by atoms with Crippen molar-refractivity contribution in [1.82, 2.24) is 10.2 Å². The lowest BCUT2D eigenvalue weighted by molar-refractivity contribution is 0.197. The van der Waals surface area contributed by atoms with Crippen molar-refractivity contribution >= 4 is 11.3 Å². The van der Waals surface area contributed by atoms with Crippen LogP contribution in [0.1, 0.15) is 16.5 Å². The van der Waals surface area contributed by atoms with Gasteiger partial charge < -0.3 is 14.8 Å². The zero-order chi connectivity index (χ0) is 15.4. The number of rotatable bonds is 5. The number of nitrogens with zero attached hydrogens (tertiary/aromatic N) is 1. The Morgan fingerprint density at radius 1 is 1.09 bits per heavy atom. The molecule has 0 bridgehead atoms. The Hall–Kier alpha value is -1.56. The summed E-state index contributed by atoms with van der Waals surface area (Å²) in [5.41, 5.74) is 1.17. The second kappa shape index (κ2) is 7.13. The third-order valence-corrected chi connectivity index (χ3v) is 4.98. The summed E-state index contributed by atoms with van der Waals surface area (Å²) in [6.07, 6.45) is 0. The van der Waals surface area contributed by atoms with E-state index in [1.54, 1.807) is 25.6 Å². The molecule has 118 valence electrons. The molecular weight excluding hydrogens is 296 g/mol. The number of thiophene rings is 1. The van der Waals surface area contributed by atoms with Crippen molar-refractivity contribution in [3.05, 3.63) is 46.2 Å². The topological polar surface area (TPSA) is 33.7 Å². The van der Waals surface area contributed by atoms with Gasteiger partial charge in [0.2, 0.25) is 0 Å². The van der Waals surface area contributed by atoms with Gasteiger partial charge in [0.25, 0.3) is 0 Å². The summed E-state index contributed by atoms with van der Waals surface area (Å²) in [7, 11) is 3.40. The first-order chi connectivity index (χ1) is 10.8. The Bertz CT molecular complexity index is 595. The van der Waals surface area contributed by atoms with Gasteiger partial charge >= 0.3 is 0 Å². The summed E-state index contributed by atoms with van der Waals surface area (Å²) < 4.78 is 11.2. The lowest BCUT2D eigenvalue weighted by Gasteiger charge is -2.35. The zero-order valence-electron chi connectivity index (χ0n) is 13.0. The van der Waals surface area contributed by atoms with Crippen LogP contribution in [-0.4, -0.2) is 45.3 Å². The second-order valence-corrected chi connectivity index (χ2v) is 6.27. The summed E-state index contributed by atoms with van der Waals surface area (Å²) in [6.45, 7) is 4.11. The van der Waals surface area contributed by atoms with Crippen LogP contribution in [-0.2, 0) is 0 Å². The standard InChI is InChI=1S/C17H22N2O2S/c1-20-14-6-3-5-13(17(14)21-2)16(15-7-4-12-22-15)19-10-8-18-9-11-19/h3-7,12,16,18H,8-11H2,1-2H3/t16-/m1/s1. The van der Waals surface area contributed by atoms with E-state index in [-0.39, 0.29) is 6.04 Å². The fourth-order valence-electron chi connectivity index (χ4n) is 3.04. The van der Waals surface area contributed by atoms with E-state index in [4.69, 9.17) is 9.47 Å². The normalized spacial score (nSPS) is 17.2. The van der Waals surface area contributed by atoms with Gasteiger partial charge in [-0.05, 0) is 17.5 Å². The molecule has 1 aliphatic rings. The van der Waals surface area contributed by atoms with Crippen LogP contribution >= 0.6 is 11.3 Å². The van der Waals surface area contributed by atoms with Gasteiger partial charge in [0.15, 0.2) is 11.5 Å². The minimum atomic E-state index is 0.215. The van der Waals surface area contributed by atoms with Gasteiger partial charge in [-0.25, -0.2) is 0 Å². The van der Waals surface area contributed by atoms with E-state index >= 15 is 0 Å². The van der Waals surface area contributed by atoms with E-state index in [0.29, 0.717) is 0 Å². The molecule has 1 aromatic carbocycles. The third-order valence-electron chi connectivity index (χ3n) is 4.06. The summed E-state index contributed by atoms with van der Waals surface area (Å²) >= 11 is 1.79. The predicted octanol–water partition coefficient (Wildman–Crippen LogP) is 2.76. The molecule has 1 fully saturated rings. The van der Waals surface area contributed by atoms with Gasteiger partial charge in [-0.1, -0.05) is 18.2 Å². The van der Waals surface area contributed by atoms with Crippen LogP contribution in [0.5, 0.6) is 11.5 Å². The molecular formula is C17H22N2O2S. The van der Waals surface area contributed by atoms with Gasteiger partial charge in [0.1, 0.15) is 0 Å². The van der Waals surface area contributed by atoms with E-state index in [1.807, 2.05) is 12.1 Å². The number of ether oxygens (including phenoxy) is 2. The number of piperazine rings is 1. The fraction of sp³-hybridized carbons (Fsp3) is 0.412. The number of para-hydroxylation sites is 1. The Morgan fingerprint density at radius 2 is 1.91 bits per heavy atom. The Morgan fingerprint density at radius 3 is 2.55 bits per heavy atom. The van der Waals surface area contributed by atoms with Crippen molar-refractivity contribution in [3.63, 3.8) is 0 Å². The first kappa shape index (κ1) is 15.3. The third kappa shape index (κ3) is 2.97.